The van der Waals surface area contributed by atoms with Gasteiger partial charge < -0.3 is 0 Å². The van der Waals surface area contributed by atoms with E-state index >= 15 is 0 Å². The standard InChI is InChI=1S/C26H22BBrS2/c1-17-3-4-18(2)23(15-17)24-16-19(6-9-22-12-14-26(28)30-22)5-7-20(24)8-10-21-11-13-25(27)29-21/h3-10,12-16,21H,11H2,1-2H3/b9-6+,10-8+. The van der Waals surface area contributed by atoms with Crippen LogP contribution >= 0.6 is 39.0 Å². The fraction of sp³-hybridized carbons (Fsp3) is 0.154. The van der Waals surface area contributed by atoms with Crippen molar-refractivity contribution in [1.82, 2.24) is 0 Å². The smallest absolute Gasteiger partial charge is 0.122 e. The molecule has 148 valence electrons. The van der Waals surface area contributed by atoms with E-state index in [9.17, 15) is 0 Å². The number of benzene rings is 2. The molecule has 1 aliphatic heterocycles. The topological polar surface area (TPSA) is 0 Å². The second-order valence-electron chi connectivity index (χ2n) is 7.50. The highest BCUT2D eigenvalue weighted by Gasteiger charge is 2.12. The van der Waals surface area contributed by atoms with E-state index in [2.05, 4.69) is 109 Å². The molecule has 0 aliphatic carbocycles. The van der Waals surface area contributed by atoms with Crippen LogP contribution < -0.4 is 0 Å². The molecule has 2 heterocycles. The lowest BCUT2D eigenvalue weighted by Crippen LogP contribution is -1.93. The van der Waals surface area contributed by atoms with Crippen molar-refractivity contribution in [3.8, 4) is 11.1 Å². The van der Waals surface area contributed by atoms with Gasteiger partial charge in [0.05, 0.1) is 3.79 Å². The second kappa shape index (κ2) is 9.59. The highest BCUT2D eigenvalue weighted by Crippen LogP contribution is 2.34. The summed E-state index contributed by atoms with van der Waals surface area (Å²) in [6, 6.07) is 17.6. The summed E-state index contributed by atoms with van der Waals surface area (Å²) in [4.78, 5) is 2.17. The molecule has 1 aliphatic rings. The van der Waals surface area contributed by atoms with Gasteiger partial charge in [-0.2, -0.15) is 0 Å². The normalized spacial score (nSPS) is 16.6. The zero-order chi connectivity index (χ0) is 21.1. The van der Waals surface area contributed by atoms with Crippen molar-refractivity contribution in [1.29, 1.82) is 0 Å². The zero-order valence-corrected chi connectivity index (χ0v) is 20.3. The predicted molar refractivity (Wildman–Crippen MR) is 141 cm³/mol. The van der Waals surface area contributed by atoms with Crippen molar-refractivity contribution in [2.75, 3.05) is 0 Å². The summed E-state index contributed by atoms with van der Waals surface area (Å²) in [6.45, 7) is 4.34. The molecule has 0 bridgehead atoms. The summed E-state index contributed by atoms with van der Waals surface area (Å²) in [5, 5.41) is 0.424. The van der Waals surface area contributed by atoms with Gasteiger partial charge >= 0.3 is 0 Å². The van der Waals surface area contributed by atoms with Gasteiger partial charge in [-0.3, -0.25) is 0 Å². The molecule has 4 heteroatoms. The monoisotopic (exact) mass is 488 g/mol. The third kappa shape index (κ3) is 5.29. The van der Waals surface area contributed by atoms with E-state index in [4.69, 9.17) is 7.85 Å². The predicted octanol–water partition coefficient (Wildman–Crippen LogP) is 8.49. The van der Waals surface area contributed by atoms with Crippen LogP contribution in [-0.4, -0.2) is 13.1 Å². The lowest BCUT2D eigenvalue weighted by Gasteiger charge is -2.13. The Hall–Kier alpha value is -1.75. The molecule has 0 fully saturated rings. The van der Waals surface area contributed by atoms with Gasteiger partial charge in [0.2, 0.25) is 0 Å². The van der Waals surface area contributed by atoms with Gasteiger partial charge in [-0.1, -0.05) is 65.0 Å². The number of thioether (sulfide) groups is 1. The molecule has 0 N–H and O–H groups in total. The lowest BCUT2D eigenvalue weighted by atomic mass is 9.92. The Kier molecular flexibility index (Phi) is 6.87. The van der Waals surface area contributed by atoms with Gasteiger partial charge in [-0.05, 0) is 88.3 Å². The van der Waals surface area contributed by atoms with Gasteiger partial charge in [0.15, 0.2) is 0 Å². The number of hydrogen-bond acceptors (Lipinski definition) is 2. The largest absolute Gasteiger partial charge is 0.134 e. The second-order valence-corrected chi connectivity index (χ2v) is 11.3. The Labute approximate surface area is 197 Å². The molecule has 0 spiro atoms. The molecule has 0 nitrogen and oxygen atoms in total. The Morgan fingerprint density at radius 3 is 2.57 bits per heavy atom. The van der Waals surface area contributed by atoms with Gasteiger partial charge in [-0.15, -0.1) is 23.1 Å². The first-order valence-corrected chi connectivity index (χ1v) is 12.4. The lowest BCUT2D eigenvalue weighted by molar-refractivity contribution is 1.10. The summed E-state index contributed by atoms with van der Waals surface area (Å²) in [7, 11) is 5.93. The van der Waals surface area contributed by atoms with Crippen LogP contribution in [0, 0.1) is 13.8 Å². The van der Waals surface area contributed by atoms with Gasteiger partial charge in [0.1, 0.15) is 7.85 Å². The molecule has 2 radical (unpaired) electrons. The average molecular weight is 489 g/mol. The van der Waals surface area contributed by atoms with E-state index in [1.54, 1.807) is 23.1 Å². The van der Waals surface area contributed by atoms with E-state index in [-0.39, 0.29) is 0 Å². The number of rotatable bonds is 5. The highest BCUT2D eigenvalue weighted by molar-refractivity contribution is 9.11. The fourth-order valence-electron chi connectivity index (χ4n) is 3.51. The van der Waals surface area contributed by atoms with E-state index < -0.39 is 0 Å². The molecular formula is C26H22BBrS2. The van der Waals surface area contributed by atoms with Gasteiger partial charge in [0.25, 0.3) is 0 Å². The molecule has 3 aromatic rings. The highest BCUT2D eigenvalue weighted by atomic mass is 79.9. The minimum absolute atomic E-state index is 0.424. The molecule has 2 aromatic carbocycles. The zero-order valence-electron chi connectivity index (χ0n) is 17.1. The summed E-state index contributed by atoms with van der Waals surface area (Å²) in [6.07, 6.45) is 12.0. The molecule has 0 saturated carbocycles. The third-order valence-corrected chi connectivity index (χ3v) is 7.80. The number of halogens is 1. The van der Waals surface area contributed by atoms with Crippen molar-refractivity contribution >= 4 is 65.1 Å². The number of aryl methyl sites for hydroxylation is 2. The maximum atomic E-state index is 5.93. The third-order valence-electron chi connectivity index (χ3n) is 5.12. The van der Waals surface area contributed by atoms with Crippen molar-refractivity contribution in [2.45, 2.75) is 25.5 Å². The number of hydrogen-bond donors (Lipinski definition) is 0. The summed E-state index contributed by atoms with van der Waals surface area (Å²) < 4.78 is 1.15. The Morgan fingerprint density at radius 2 is 1.83 bits per heavy atom. The van der Waals surface area contributed by atoms with Crippen LogP contribution in [-0.2, 0) is 0 Å². The van der Waals surface area contributed by atoms with Crippen molar-refractivity contribution in [3.63, 3.8) is 0 Å². The van der Waals surface area contributed by atoms with E-state index in [1.165, 1.54) is 38.3 Å². The number of allylic oxidation sites excluding steroid dienone is 1. The SMILES string of the molecule is [B]C1=CCC(/C=C/c2ccc(/C=C/c3ccc(Br)s3)cc2-c2cc(C)ccc2C)S1. The van der Waals surface area contributed by atoms with Crippen LogP contribution in [0.3, 0.4) is 0 Å². The van der Waals surface area contributed by atoms with Crippen molar-refractivity contribution in [2.24, 2.45) is 0 Å². The van der Waals surface area contributed by atoms with Crippen molar-refractivity contribution < 1.29 is 0 Å². The molecular weight excluding hydrogens is 467 g/mol. The summed E-state index contributed by atoms with van der Waals surface area (Å²) in [5.74, 6) is 0. The first-order chi connectivity index (χ1) is 14.5. The summed E-state index contributed by atoms with van der Waals surface area (Å²) in [5.41, 5.74) is 7.57. The Balaban J connectivity index is 1.71. The van der Waals surface area contributed by atoms with Crippen LogP contribution in [0.15, 0.2) is 69.3 Å². The summed E-state index contributed by atoms with van der Waals surface area (Å²) >= 11 is 7.02. The minimum atomic E-state index is 0.424. The van der Waals surface area contributed by atoms with Gasteiger partial charge in [0, 0.05) is 10.1 Å². The molecule has 1 aromatic heterocycles. The van der Waals surface area contributed by atoms with Crippen LogP contribution in [0.2, 0.25) is 0 Å². The van der Waals surface area contributed by atoms with Crippen LogP contribution in [0.25, 0.3) is 29.4 Å². The van der Waals surface area contributed by atoms with E-state index in [0.717, 1.165) is 15.0 Å². The van der Waals surface area contributed by atoms with Crippen LogP contribution in [0.4, 0.5) is 0 Å². The average Bonchev–Trinajstić information content (AvgIpc) is 3.34. The minimum Gasteiger partial charge on any atom is -0.134 e. The van der Waals surface area contributed by atoms with Gasteiger partial charge in [-0.25, -0.2) is 0 Å². The first kappa shape index (κ1) is 21.5. The quantitative estimate of drug-likeness (QED) is 0.324. The maximum Gasteiger partial charge on any atom is 0.122 e. The number of thiophene rings is 1. The van der Waals surface area contributed by atoms with Crippen LogP contribution in [0.5, 0.6) is 0 Å². The molecule has 0 amide bonds. The van der Waals surface area contributed by atoms with Crippen LogP contribution in [0.1, 0.15) is 33.6 Å². The molecule has 0 saturated heterocycles. The Bertz CT molecular complexity index is 1150. The molecule has 30 heavy (non-hydrogen) atoms. The molecule has 1 atom stereocenters. The first-order valence-electron chi connectivity index (χ1n) is 9.93. The van der Waals surface area contributed by atoms with Crippen molar-refractivity contribution in [3.05, 3.63) is 96.4 Å². The maximum absolute atomic E-state index is 5.93. The molecule has 4 rings (SSSR count). The fourth-order valence-corrected chi connectivity index (χ4v) is 5.73. The van der Waals surface area contributed by atoms with E-state index in [0.29, 0.717) is 5.25 Å². The molecule has 1 unspecified atom stereocenters. The van der Waals surface area contributed by atoms with E-state index in [1.807, 2.05) is 0 Å². The Morgan fingerprint density at radius 1 is 0.967 bits per heavy atom.